The minimum absolute atomic E-state index is 0.328. The number of halogens is 1. The van der Waals surface area contributed by atoms with Crippen molar-refractivity contribution in [3.8, 4) is 17.1 Å². The molecule has 0 amide bonds. The molecule has 218 valence electrons. The lowest BCUT2D eigenvalue weighted by molar-refractivity contribution is 0.313. The van der Waals surface area contributed by atoms with Crippen LogP contribution >= 0.6 is 11.6 Å². The molecule has 0 unspecified atom stereocenters. The first kappa shape index (κ1) is 27.3. The quantitative estimate of drug-likeness (QED) is 0.292. The number of benzene rings is 2. The number of rotatable bonds is 6. The highest BCUT2D eigenvalue weighted by Gasteiger charge is 2.21. The Bertz CT molecular complexity index is 1830. The number of fused-ring (bicyclic) bond motifs is 1. The van der Waals surface area contributed by atoms with E-state index in [1.807, 2.05) is 42.5 Å². The van der Waals surface area contributed by atoms with Crippen LogP contribution in [0.1, 0.15) is 12.8 Å². The number of piperazine rings is 1. The van der Waals surface area contributed by atoms with Crippen LogP contribution in [0.3, 0.4) is 0 Å². The van der Waals surface area contributed by atoms with Crippen molar-refractivity contribution in [2.24, 2.45) is 0 Å². The van der Waals surface area contributed by atoms with Crippen LogP contribution in [0, 0.1) is 0 Å². The number of anilines is 4. The van der Waals surface area contributed by atoms with Crippen LogP contribution in [-0.4, -0.2) is 75.9 Å². The zero-order valence-electron chi connectivity index (χ0n) is 23.9. The van der Waals surface area contributed by atoms with Crippen LogP contribution in [0.25, 0.3) is 28.0 Å². The number of aromatic nitrogens is 5. The van der Waals surface area contributed by atoms with Crippen molar-refractivity contribution < 1.29 is 0 Å². The number of para-hydroxylation sites is 1. The molecule has 2 saturated heterocycles. The number of hydrogen-bond acceptors (Lipinski definition) is 9. The maximum Gasteiger partial charge on any atom is 0.282 e. The van der Waals surface area contributed by atoms with E-state index in [1.165, 1.54) is 10.4 Å². The smallest absolute Gasteiger partial charge is 0.282 e. The fourth-order valence-corrected chi connectivity index (χ4v) is 5.89. The minimum atomic E-state index is -0.356. The van der Waals surface area contributed by atoms with Crippen molar-refractivity contribution in [3.63, 3.8) is 0 Å². The summed E-state index contributed by atoms with van der Waals surface area (Å²) in [6, 6.07) is 21.3. The summed E-state index contributed by atoms with van der Waals surface area (Å²) in [5, 5.41) is 8.85. The maximum atomic E-state index is 13.7. The van der Waals surface area contributed by atoms with Crippen molar-refractivity contribution in [3.05, 3.63) is 88.3 Å². The fourth-order valence-electron chi connectivity index (χ4n) is 5.67. The van der Waals surface area contributed by atoms with Crippen molar-refractivity contribution >= 4 is 45.6 Å². The van der Waals surface area contributed by atoms with Gasteiger partial charge in [0.05, 0.1) is 21.8 Å². The lowest BCUT2D eigenvalue weighted by Gasteiger charge is -2.34. The van der Waals surface area contributed by atoms with Crippen molar-refractivity contribution in [2.75, 3.05) is 61.4 Å². The Balaban J connectivity index is 1.29. The molecule has 0 saturated carbocycles. The van der Waals surface area contributed by atoms with E-state index >= 15 is 0 Å². The van der Waals surface area contributed by atoms with Crippen molar-refractivity contribution in [1.29, 1.82) is 0 Å². The molecule has 0 atom stereocenters. The van der Waals surface area contributed by atoms with Gasteiger partial charge in [-0.15, -0.1) is 0 Å². The molecule has 0 spiro atoms. The van der Waals surface area contributed by atoms with Gasteiger partial charge in [0.15, 0.2) is 0 Å². The van der Waals surface area contributed by atoms with E-state index < -0.39 is 0 Å². The zero-order chi connectivity index (χ0) is 29.3. The lowest BCUT2D eigenvalue weighted by Crippen LogP contribution is -2.44. The molecule has 1 N–H and O–H groups in total. The second-order valence-electron chi connectivity index (χ2n) is 11.0. The molecular weight excluding hydrogens is 562 g/mol. The first-order chi connectivity index (χ1) is 21.0. The van der Waals surface area contributed by atoms with Gasteiger partial charge in [0, 0.05) is 56.8 Å². The van der Waals surface area contributed by atoms with E-state index in [9.17, 15) is 4.79 Å². The van der Waals surface area contributed by atoms with E-state index in [0.29, 0.717) is 38.9 Å². The molecular formula is C32H32ClN9O. The third-order valence-electron chi connectivity index (χ3n) is 8.12. The summed E-state index contributed by atoms with van der Waals surface area (Å²) < 4.78 is 1.32. The molecule has 0 bridgehead atoms. The molecule has 2 aromatic carbocycles. The Morgan fingerprint density at radius 2 is 1.58 bits per heavy atom. The Hall–Kier alpha value is -4.54. The molecule has 0 radical (unpaired) electrons. The van der Waals surface area contributed by atoms with Gasteiger partial charge >= 0.3 is 0 Å². The van der Waals surface area contributed by atoms with Gasteiger partial charge in [0.1, 0.15) is 17.0 Å². The van der Waals surface area contributed by atoms with Crippen LogP contribution in [-0.2, 0) is 0 Å². The number of pyridine rings is 1. The van der Waals surface area contributed by atoms with Crippen LogP contribution in [0.2, 0.25) is 5.02 Å². The predicted molar refractivity (Wildman–Crippen MR) is 172 cm³/mol. The highest BCUT2D eigenvalue weighted by atomic mass is 35.5. The van der Waals surface area contributed by atoms with E-state index in [4.69, 9.17) is 26.7 Å². The summed E-state index contributed by atoms with van der Waals surface area (Å²) in [6.07, 6.45) is 3.83. The van der Waals surface area contributed by atoms with E-state index in [-0.39, 0.29) is 5.56 Å². The van der Waals surface area contributed by atoms with Gasteiger partial charge < -0.3 is 20.0 Å². The van der Waals surface area contributed by atoms with E-state index in [2.05, 4.69) is 44.2 Å². The molecule has 0 aliphatic carbocycles. The maximum absolute atomic E-state index is 13.7. The van der Waals surface area contributed by atoms with Gasteiger partial charge in [-0.3, -0.25) is 4.79 Å². The molecule has 3 aromatic heterocycles. The third-order valence-corrected chi connectivity index (χ3v) is 8.44. The molecule has 2 aliphatic rings. The van der Waals surface area contributed by atoms with Gasteiger partial charge in [0.25, 0.3) is 5.56 Å². The summed E-state index contributed by atoms with van der Waals surface area (Å²) in [5.74, 6) is 1.25. The van der Waals surface area contributed by atoms with Crippen molar-refractivity contribution in [1.82, 2.24) is 29.6 Å². The first-order valence-electron chi connectivity index (χ1n) is 14.6. The molecule has 2 aliphatic heterocycles. The Morgan fingerprint density at radius 3 is 2.35 bits per heavy atom. The average Bonchev–Trinajstić information content (AvgIpc) is 3.58. The van der Waals surface area contributed by atoms with Gasteiger partial charge in [-0.05, 0) is 68.4 Å². The molecule has 43 heavy (non-hydrogen) atoms. The standard InChI is InChI=1S/C32H32ClN9O/c1-39-17-19-40(20-18-39)23-13-11-22(12-14-23)35-32-34-21-24-29(37-32)30(26-8-6-10-28(36-26)41-15-4-5-16-41)38-42(31(24)43)27-9-3-2-7-25(27)33/h2-3,6-14,21H,4-5,15-20H2,1H3,(H,34,35,37). The summed E-state index contributed by atoms with van der Waals surface area (Å²) in [4.78, 5) is 35.0. The van der Waals surface area contributed by atoms with Gasteiger partial charge in [-0.2, -0.15) is 9.78 Å². The highest BCUT2D eigenvalue weighted by Crippen LogP contribution is 2.28. The van der Waals surface area contributed by atoms with Gasteiger partial charge in [-0.25, -0.2) is 15.0 Å². The molecule has 10 nitrogen and oxygen atoms in total. The monoisotopic (exact) mass is 593 g/mol. The minimum Gasteiger partial charge on any atom is -0.369 e. The highest BCUT2D eigenvalue weighted by molar-refractivity contribution is 6.32. The third kappa shape index (κ3) is 5.51. The summed E-state index contributed by atoms with van der Waals surface area (Å²) in [6.45, 7) is 6.04. The number of nitrogens with zero attached hydrogens (tertiary/aromatic N) is 8. The Kier molecular flexibility index (Phi) is 7.38. The number of likely N-dealkylation sites (N-methyl/N-ethyl adjacent to an activating group) is 1. The fraction of sp³-hybridized carbons (Fsp3) is 0.281. The molecule has 7 rings (SSSR count). The van der Waals surface area contributed by atoms with Crippen LogP contribution < -0.4 is 20.7 Å². The van der Waals surface area contributed by atoms with Crippen LogP contribution in [0.5, 0.6) is 0 Å². The summed E-state index contributed by atoms with van der Waals surface area (Å²) in [7, 11) is 2.15. The first-order valence-corrected chi connectivity index (χ1v) is 15.0. The Morgan fingerprint density at radius 1 is 0.814 bits per heavy atom. The number of nitrogens with one attached hydrogen (secondary N) is 1. The summed E-state index contributed by atoms with van der Waals surface area (Å²) >= 11 is 6.51. The number of hydrogen-bond donors (Lipinski definition) is 1. The van der Waals surface area contributed by atoms with E-state index in [1.54, 1.807) is 18.3 Å². The topological polar surface area (TPSA) is 95.3 Å². The van der Waals surface area contributed by atoms with Gasteiger partial charge in [0.2, 0.25) is 5.95 Å². The van der Waals surface area contributed by atoms with Crippen LogP contribution in [0.4, 0.5) is 23.1 Å². The average molecular weight is 594 g/mol. The van der Waals surface area contributed by atoms with Crippen LogP contribution in [0.15, 0.2) is 77.7 Å². The normalized spacial score (nSPS) is 15.8. The SMILES string of the molecule is CN1CCN(c2ccc(Nc3ncc4c(=O)n(-c5ccccc5Cl)nc(-c5cccc(N6CCCC6)n5)c4n3)cc2)CC1. The molecule has 5 aromatic rings. The van der Waals surface area contributed by atoms with E-state index in [0.717, 1.165) is 63.6 Å². The van der Waals surface area contributed by atoms with Gasteiger partial charge in [-0.1, -0.05) is 29.8 Å². The lowest BCUT2D eigenvalue weighted by atomic mass is 10.2. The Labute approximate surface area is 254 Å². The second kappa shape index (κ2) is 11.6. The molecule has 5 heterocycles. The largest absolute Gasteiger partial charge is 0.369 e. The zero-order valence-corrected chi connectivity index (χ0v) is 24.7. The summed E-state index contributed by atoms with van der Waals surface area (Å²) in [5.41, 5.74) is 3.69. The molecule has 2 fully saturated rings. The van der Waals surface area contributed by atoms with Crippen molar-refractivity contribution in [2.45, 2.75) is 12.8 Å². The predicted octanol–water partition coefficient (Wildman–Crippen LogP) is 4.99. The molecule has 11 heteroatoms. The second-order valence-corrected chi connectivity index (χ2v) is 11.4.